The fourth-order valence-electron chi connectivity index (χ4n) is 1.34. The molecule has 1 aromatic rings. The molecule has 0 amide bonds. The zero-order chi connectivity index (χ0) is 8.55. The second-order valence-corrected chi connectivity index (χ2v) is 4.09. The van der Waals surface area contributed by atoms with Gasteiger partial charge in [0.25, 0.3) is 0 Å². The van der Waals surface area contributed by atoms with Gasteiger partial charge in [0.1, 0.15) is 5.75 Å². The van der Waals surface area contributed by atoms with Gasteiger partial charge in [0.15, 0.2) is 0 Å². The first kappa shape index (κ1) is 8.39. The lowest BCUT2D eigenvalue weighted by Crippen LogP contribution is -2.07. The Morgan fingerprint density at radius 2 is 2.25 bits per heavy atom. The van der Waals surface area contributed by atoms with Crippen molar-refractivity contribution in [3.05, 3.63) is 27.2 Å². The van der Waals surface area contributed by atoms with Crippen LogP contribution >= 0.6 is 27.5 Å². The third-order valence-corrected chi connectivity index (χ3v) is 3.15. The van der Waals surface area contributed by atoms with Crippen LogP contribution in [0.2, 0.25) is 5.02 Å². The minimum Gasteiger partial charge on any atom is -0.493 e. The van der Waals surface area contributed by atoms with E-state index in [0.29, 0.717) is 0 Å². The average Bonchev–Trinajstić information content (AvgIpc) is 2.07. The number of rotatable bonds is 0. The van der Waals surface area contributed by atoms with E-state index in [1.807, 2.05) is 12.1 Å². The predicted octanol–water partition coefficient (Wildman–Crippen LogP) is 3.43. The summed E-state index contributed by atoms with van der Waals surface area (Å²) in [5, 5.41) is 0.763. The number of hydrogen-bond acceptors (Lipinski definition) is 1. The Morgan fingerprint density at radius 1 is 1.42 bits per heavy atom. The molecule has 2 rings (SSSR count). The molecule has 0 spiro atoms. The molecule has 0 saturated carbocycles. The highest BCUT2D eigenvalue weighted by Crippen LogP contribution is 2.33. The first-order chi connectivity index (χ1) is 5.77. The highest BCUT2D eigenvalue weighted by molar-refractivity contribution is 9.10. The molecule has 1 heterocycles. The maximum atomic E-state index is 5.94. The maximum absolute atomic E-state index is 5.94. The van der Waals surface area contributed by atoms with Gasteiger partial charge < -0.3 is 4.74 Å². The summed E-state index contributed by atoms with van der Waals surface area (Å²) in [7, 11) is 0. The van der Waals surface area contributed by atoms with Crippen molar-refractivity contribution < 1.29 is 4.74 Å². The summed E-state index contributed by atoms with van der Waals surface area (Å²) in [4.78, 5) is 0. The van der Waals surface area contributed by atoms with Crippen LogP contribution in [-0.4, -0.2) is 6.61 Å². The molecule has 12 heavy (non-hydrogen) atoms. The Hall–Kier alpha value is -0.210. The summed E-state index contributed by atoms with van der Waals surface area (Å²) in [6, 6.07) is 3.91. The third-order valence-electron chi connectivity index (χ3n) is 1.95. The molecule has 0 aliphatic carbocycles. The summed E-state index contributed by atoms with van der Waals surface area (Å²) in [5.74, 6) is 0.970. The normalized spacial score (nSPS) is 15.2. The standard InChI is InChI=1S/C9H8BrClO/c10-7-5-9-6(4-8(7)11)2-1-3-12-9/h4-5H,1-3H2. The first-order valence-electron chi connectivity index (χ1n) is 3.88. The van der Waals surface area contributed by atoms with E-state index in [-0.39, 0.29) is 0 Å². The van der Waals surface area contributed by atoms with Crippen LogP contribution < -0.4 is 4.74 Å². The van der Waals surface area contributed by atoms with E-state index in [0.717, 1.165) is 34.7 Å². The number of aryl methyl sites for hydroxylation is 1. The molecule has 0 saturated heterocycles. The summed E-state index contributed by atoms with van der Waals surface area (Å²) < 4.78 is 6.38. The zero-order valence-electron chi connectivity index (χ0n) is 6.44. The van der Waals surface area contributed by atoms with Crippen LogP contribution in [0.3, 0.4) is 0 Å². The van der Waals surface area contributed by atoms with E-state index in [1.165, 1.54) is 5.56 Å². The van der Waals surface area contributed by atoms with E-state index in [9.17, 15) is 0 Å². The molecule has 1 aromatic carbocycles. The fraction of sp³-hybridized carbons (Fsp3) is 0.333. The van der Waals surface area contributed by atoms with Gasteiger partial charge in [0.05, 0.1) is 11.6 Å². The molecule has 0 N–H and O–H groups in total. The second-order valence-electron chi connectivity index (χ2n) is 2.83. The van der Waals surface area contributed by atoms with E-state index in [2.05, 4.69) is 15.9 Å². The highest BCUT2D eigenvalue weighted by Gasteiger charge is 2.12. The molecule has 0 radical (unpaired) electrons. The van der Waals surface area contributed by atoms with Crippen LogP contribution in [0.1, 0.15) is 12.0 Å². The maximum Gasteiger partial charge on any atom is 0.123 e. The van der Waals surface area contributed by atoms with Gasteiger partial charge in [-0.05, 0) is 46.5 Å². The van der Waals surface area contributed by atoms with Crippen molar-refractivity contribution in [2.45, 2.75) is 12.8 Å². The second kappa shape index (κ2) is 3.27. The smallest absolute Gasteiger partial charge is 0.123 e. The Balaban J connectivity index is 2.49. The molecule has 0 bridgehead atoms. The lowest BCUT2D eigenvalue weighted by Gasteiger charge is -2.17. The van der Waals surface area contributed by atoms with E-state index < -0.39 is 0 Å². The van der Waals surface area contributed by atoms with Crippen LogP contribution in [0.15, 0.2) is 16.6 Å². The number of halogens is 2. The van der Waals surface area contributed by atoms with Gasteiger partial charge in [-0.25, -0.2) is 0 Å². The van der Waals surface area contributed by atoms with Crippen LogP contribution in [0, 0.1) is 0 Å². The molecule has 1 nitrogen and oxygen atoms in total. The van der Waals surface area contributed by atoms with Crippen LogP contribution in [0.4, 0.5) is 0 Å². The number of hydrogen-bond donors (Lipinski definition) is 0. The minimum atomic E-state index is 0.763. The van der Waals surface area contributed by atoms with E-state index >= 15 is 0 Å². The molecule has 1 aliphatic heterocycles. The molecule has 0 atom stereocenters. The first-order valence-corrected chi connectivity index (χ1v) is 5.05. The molecule has 1 aliphatic rings. The van der Waals surface area contributed by atoms with Gasteiger partial charge in [0, 0.05) is 4.47 Å². The summed E-state index contributed by atoms with van der Waals surface area (Å²) in [6.07, 6.45) is 2.16. The van der Waals surface area contributed by atoms with E-state index in [1.54, 1.807) is 0 Å². The molecule has 0 unspecified atom stereocenters. The Bertz CT molecular complexity index is 281. The van der Waals surface area contributed by atoms with E-state index in [4.69, 9.17) is 16.3 Å². The Morgan fingerprint density at radius 3 is 3.08 bits per heavy atom. The lowest BCUT2D eigenvalue weighted by atomic mass is 10.1. The van der Waals surface area contributed by atoms with Crippen LogP contribution in [0.25, 0.3) is 0 Å². The molecule has 0 fully saturated rings. The summed E-state index contributed by atoms with van der Waals surface area (Å²) in [5.41, 5.74) is 1.22. The summed E-state index contributed by atoms with van der Waals surface area (Å²) >= 11 is 9.31. The van der Waals surface area contributed by atoms with Crippen LogP contribution in [0.5, 0.6) is 5.75 Å². The molecule has 3 heteroatoms. The van der Waals surface area contributed by atoms with Gasteiger partial charge in [-0.15, -0.1) is 0 Å². The van der Waals surface area contributed by atoms with Crippen molar-refractivity contribution in [1.82, 2.24) is 0 Å². The Labute approximate surface area is 84.8 Å². The summed E-state index contributed by atoms with van der Waals surface area (Å²) in [6.45, 7) is 0.821. The Kier molecular flexibility index (Phi) is 2.28. The van der Waals surface area contributed by atoms with Crippen molar-refractivity contribution in [1.29, 1.82) is 0 Å². The quantitative estimate of drug-likeness (QED) is 0.682. The number of fused-ring (bicyclic) bond motifs is 1. The van der Waals surface area contributed by atoms with Crippen molar-refractivity contribution in [3.8, 4) is 5.75 Å². The van der Waals surface area contributed by atoms with Gasteiger partial charge in [-0.1, -0.05) is 11.6 Å². The zero-order valence-corrected chi connectivity index (χ0v) is 8.78. The van der Waals surface area contributed by atoms with Gasteiger partial charge in [0.2, 0.25) is 0 Å². The van der Waals surface area contributed by atoms with Gasteiger partial charge in [-0.2, -0.15) is 0 Å². The SMILES string of the molecule is Clc1cc2c(cc1Br)OCCC2. The van der Waals surface area contributed by atoms with Gasteiger partial charge >= 0.3 is 0 Å². The van der Waals surface area contributed by atoms with Crippen molar-refractivity contribution in [2.24, 2.45) is 0 Å². The third kappa shape index (κ3) is 1.46. The molecule has 64 valence electrons. The topological polar surface area (TPSA) is 9.23 Å². The highest BCUT2D eigenvalue weighted by atomic mass is 79.9. The predicted molar refractivity (Wildman–Crippen MR) is 53.0 cm³/mol. The lowest BCUT2D eigenvalue weighted by molar-refractivity contribution is 0.288. The largest absolute Gasteiger partial charge is 0.493 e. The molecule has 0 aromatic heterocycles. The fourth-order valence-corrected chi connectivity index (χ4v) is 1.85. The molecular weight excluding hydrogens is 239 g/mol. The molecular formula is C9H8BrClO. The van der Waals surface area contributed by atoms with Crippen molar-refractivity contribution in [2.75, 3.05) is 6.61 Å². The van der Waals surface area contributed by atoms with Crippen molar-refractivity contribution >= 4 is 27.5 Å². The monoisotopic (exact) mass is 246 g/mol. The average molecular weight is 248 g/mol. The van der Waals surface area contributed by atoms with Gasteiger partial charge in [-0.3, -0.25) is 0 Å². The van der Waals surface area contributed by atoms with Crippen molar-refractivity contribution in [3.63, 3.8) is 0 Å². The minimum absolute atomic E-state index is 0.763. The number of benzene rings is 1. The van der Waals surface area contributed by atoms with Crippen LogP contribution in [-0.2, 0) is 6.42 Å². The number of ether oxygens (including phenoxy) is 1.